The Morgan fingerprint density at radius 1 is 1.15 bits per heavy atom. The summed E-state index contributed by atoms with van der Waals surface area (Å²) in [4.78, 5) is 29.2. The molecule has 0 atom stereocenters. The van der Waals surface area contributed by atoms with Crippen molar-refractivity contribution in [2.24, 2.45) is 14.1 Å². The van der Waals surface area contributed by atoms with Crippen LogP contribution >= 0.6 is 35.0 Å². The minimum Gasteiger partial charge on any atom is -0.328 e. The summed E-state index contributed by atoms with van der Waals surface area (Å²) in [5.74, 6) is 1.47. The molecule has 2 aromatic heterocycles. The van der Waals surface area contributed by atoms with Gasteiger partial charge in [0.05, 0.1) is 6.33 Å². The number of nitrogens with zero attached hydrogens (tertiary/aromatic N) is 4. The lowest BCUT2D eigenvalue weighted by atomic mass is 10.2. The Bertz CT molecular complexity index is 1050. The molecule has 0 N–H and O–H groups in total. The molecule has 0 unspecified atom stereocenters. The van der Waals surface area contributed by atoms with Crippen LogP contribution in [0.1, 0.15) is 12.0 Å². The van der Waals surface area contributed by atoms with Crippen LogP contribution in [0.2, 0.25) is 10.0 Å². The molecular formula is C17H18Cl2N4O2S. The van der Waals surface area contributed by atoms with Crippen molar-refractivity contribution in [3.8, 4) is 0 Å². The Balaban J connectivity index is 1.68. The topological polar surface area (TPSA) is 61.8 Å². The van der Waals surface area contributed by atoms with Gasteiger partial charge in [-0.3, -0.25) is 13.9 Å². The monoisotopic (exact) mass is 412 g/mol. The molecule has 0 saturated carbocycles. The van der Waals surface area contributed by atoms with E-state index in [9.17, 15) is 9.59 Å². The van der Waals surface area contributed by atoms with E-state index in [-0.39, 0.29) is 11.2 Å². The van der Waals surface area contributed by atoms with E-state index < -0.39 is 0 Å². The molecule has 0 aliphatic carbocycles. The number of benzene rings is 1. The number of halogens is 2. The molecule has 0 spiro atoms. The number of thioether (sulfide) groups is 1. The summed E-state index contributed by atoms with van der Waals surface area (Å²) in [6, 6.07) is 5.45. The SMILES string of the molecule is Cn1cnc2c1c(=O)n(CCCSCc1c(Cl)cccc1Cl)c(=O)n2C. The molecule has 0 aliphatic heterocycles. The Morgan fingerprint density at radius 2 is 1.85 bits per heavy atom. The number of hydrogen-bond donors (Lipinski definition) is 0. The van der Waals surface area contributed by atoms with Gasteiger partial charge < -0.3 is 4.57 Å². The number of aromatic nitrogens is 4. The van der Waals surface area contributed by atoms with Crippen molar-refractivity contribution in [1.82, 2.24) is 18.7 Å². The van der Waals surface area contributed by atoms with Crippen LogP contribution in [0.15, 0.2) is 34.1 Å². The Morgan fingerprint density at radius 3 is 2.54 bits per heavy atom. The number of aryl methyl sites for hydroxylation is 2. The lowest BCUT2D eigenvalue weighted by Gasteiger charge is -2.09. The van der Waals surface area contributed by atoms with Crippen molar-refractivity contribution >= 4 is 46.1 Å². The third-order valence-electron chi connectivity index (χ3n) is 4.18. The predicted molar refractivity (Wildman–Crippen MR) is 107 cm³/mol. The average molecular weight is 413 g/mol. The molecule has 0 aliphatic rings. The highest BCUT2D eigenvalue weighted by atomic mass is 35.5. The van der Waals surface area contributed by atoms with Crippen molar-refractivity contribution < 1.29 is 0 Å². The molecule has 6 nitrogen and oxygen atoms in total. The predicted octanol–water partition coefficient (Wildman–Crippen LogP) is 3.06. The summed E-state index contributed by atoms with van der Waals surface area (Å²) >= 11 is 14.0. The first-order valence-electron chi connectivity index (χ1n) is 8.03. The van der Waals surface area contributed by atoms with Gasteiger partial charge in [-0.25, -0.2) is 9.78 Å². The van der Waals surface area contributed by atoms with E-state index in [2.05, 4.69) is 4.98 Å². The van der Waals surface area contributed by atoms with Crippen LogP contribution in [0.3, 0.4) is 0 Å². The zero-order valence-electron chi connectivity index (χ0n) is 14.4. The fraction of sp³-hybridized carbons (Fsp3) is 0.353. The van der Waals surface area contributed by atoms with Gasteiger partial charge in [-0.1, -0.05) is 29.3 Å². The van der Waals surface area contributed by atoms with Gasteiger partial charge in [-0.2, -0.15) is 11.8 Å². The number of fused-ring (bicyclic) bond motifs is 1. The summed E-state index contributed by atoms with van der Waals surface area (Å²) in [5.41, 5.74) is 1.09. The third-order valence-corrected chi connectivity index (χ3v) is 5.96. The second kappa shape index (κ2) is 7.90. The number of hydrogen-bond acceptors (Lipinski definition) is 4. The second-order valence-corrected chi connectivity index (χ2v) is 7.85. The Labute approximate surface area is 164 Å². The smallest absolute Gasteiger partial charge is 0.328 e. The van der Waals surface area contributed by atoms with Crippen LogP contribution in [0, 0.1) is 0 Å². The number of rotatable bonds is 6. The van der Waals surface area contributed by atoms with Crippen LogP contribution in [0.25, 0.3) is 11.2 Å². The van der Waals surface area contributed by atoms with Crippen LogP contribution in [0.4, 0.5) is 0 Å². The summed E-state index contributed by atoms with van der Waals surface area (Å²) in [5, 5.41) is 1.30. The largest absolute Gasteiger partial charge is 0.332 e. The fourth-order valence-electron chi connectivity index (χ4n) is 2.76. The van der Waals surface area contributed by atoms with Crippen LogP contribution < -0.4 is 11.2 Å². The third kappa shape index (κ3) is 3.56. The summed E-state index contributed by atoms with van der Waals surface area (Å²) in [6.07, 6.45) is 2.23. The molecular weight excluding hydrogens is 395 g/mol. The van der Waals surface area contributed by atoms with Gasteiger partial charge in [0.2, 0.25) is 0 Å². The van der Waals surface area contributed by atoms with Crippen LogP contribution in [-0.4, -0.2) is 24.4 Å². The van der Waals surface area contributed by atoms with Gasteiger partial charge in [0.1, 0.15) is 0 Å². The van der Waals surface area contributed by atoms with E-state index in [0.717, 1.165) is 11.3 Å². The molecule has 26 heavy (non-hydrogen) atoms. The zero-order valence-corrected chi connectivity index (χ0v) is 16.7. The quantitative estimate of drug-likeness (QED) is 0.583. The minimum atomic E-state index is -0.347. The van der Waals surface area contributed by atoms with Gasteiger partial charge >= 0.3 is 5.69 Å². The first kappa shape index (κ1) is 19.1. The van der Waals surface area contributed by atoms with Gasteiger partial charge in [0, 0.05) is 36.4 Å². The van der Waals surface area contributed by atoms with Gasteiger partial charge in [-0.05, 0) is 29.9 Å². The van der Waals surface area contributed by atoms with E-state index in [1.165, 1.54) is 9.13 Å². The van der Waals surface area contributed by atoms with Crippen molar-refractivity contribution in [3.63, 3.8) is 0 Å². The van der Waals surface area contributed by atoms with Gasteiger partial charge in [-0.15, -0.1) is 0 Å². The van der Waals surface area contributed by atoms with Crippen molar-refractivity contribution in [3.05, 3.63) is 61.0 Å². The molecule has 138 valence electrons. The van der Waals surface area contributed by atoms with Crippen LogP contribution in [-0.2, 0) is 26.4 Å². The standard InChI is InChI=1S/C17H18Cl2N4O2S/c1-21-10-20-15-14(21)16(24)23(17(25)22(15)2)7-4-8-26-9-11-12(18)5-3-6-13(11)19/h3,5-6,10H,4,7-9H2,1-2H3. The molecule has 0 saturated heterocycles. The average Bonchev–Trinajstić information content (AvgIpc) is 2.99. The van der Waals surface area contributed by atoms with Gasteiger partial charge in [0.15, 0.2) is 11.2 Å². The Hall–Kier alpha value is -1.70. The highest BCUT2D eigenvalue weighted by molar-refractivity contribution is 7.98. The lowest BCUT2D eigenvalue weighted by Crippen LogP contribution is -2.39. The molecule has 2 heterocycles. The van der Waals surface area contributed by atoms with E-state index in [1.807, 2.05) is 18.2 Å². The van der Waals surface area contributed by atoms with Crippen molar-refractivity contribution in [2.75, 3.05) is 5.75 Å². The second-order valence-electron chi connectivity index (χ2n) is 5.93. The highest BCUT2D eigenvalue weighted by Crippen LogP contribution is 2.28. The highest BCUT2D eigenvalue weighted by Gasteiger charge is 2.14. The maximum atomic E-state index is 12.6. The first-order valence-corrected chi connectivity index (χ1v) is 9.94. The molecule has 0 fully saturated rings. The molecule has 0 radical (unpaired) electrons. The minimum absolute atomic E-state index is 0.303. The van der Waals surface area contributed by atoms with E-state index in [4.69, 9.17) is 23.2 Å². The zero-order chi connectivity index (χ0) is 18.8. The first-order chi connectivity index (χ1) is 12.4. The Kier molecular flexibility index (Phi) is 5.79. The summed E-state index contributed by atoms with van der Waals surface area (Å²) < 4.78 is 4.32. The summed E-state index contributed by atoms with van der Waals surface area (Å²) in [6.45, 7) is 0.357. The number of imidazole rings is 1. The molecule has 9 heteroatoms. The van der Waals surface area contributed by atoms with E-state index in [1.54, 1.807) is 36.8 Å². The van der Waals surface area contributed by atoms with Crippen LogP contribution in [0.5, 0.6) is 0 Å². The maximum absolute atomic E-state index is 12.6. The molecule has 0 bridgehead atoms. The summed E-state index contributed by atoms with van der Waals surface area (Å²) in [7, 11) is 3.37. The maximum Gasteiger partial charge on any atom is 0.332 e. The molecule has 1 aromatic carbocycles. The molecule has 3 aromatic rings. The fourth-order valence-corrected chi connectivity index (χ4v) is 4.44. The van der Waals surface area contributed by atoms with Gasteiger partial charge in [0.25, 0.3) is 5.56 Å². The van der Waals surface area contributed by atoms with E-state index in [0.29, 0.717) is 39.9 Å². The van der Waals surface area contributed by atoms with E-state index >= 15 is 0 Å². The molecule has 3 rings (SSSR count). The normalized spacial score (nSPS) is 11.4. The van der Waals surface area contributed by atoms with Crippen molar-refractivity contribution in [2.45, 2.75) is 18.7 Å². The van der Waals surface area contributed by atoms with Crippen molar-refractivity contribution in [1.29, 1.82) is 0 Å². The lowest BCUT2D eigenvalue weighted by molar-refractivity contribution is 0.594. The molecule has 0 amide bonds.